The van der Waals surface area contributed by atoms with E-state index in [2.05, 4.69) is 16.4 Å². The first-order valence-corrected chi connectivity index (χ1v) is 5.67. The van der Waals surface area contributed by atoms with E-state index in [0.29, 0.717) is 13.1 Å². The molecule has 1 heterocycles. The number of carboxylic acid groups (broad SMARTS) is 1. The molecule has 0 saturated carbocycles. The van der Waals surface area contributed by atoms with Gasteiger partial charge in [0.25, 0.3) is 0 Å². The smallest absolute Gasteiger partial charge is 0.307 e. The molecular formula is C13H16N2O2. The number of fused-ring (bicyclic) bond motifs is 1. The fourth-order valence-electron chi connectivity index (χ4n) is 1.79. The number of benzene rings is 1. The summed E-state index contributed by atoms with van der Waals surface area (Å²) in [5.41, 5.74) is 2.27. The van der Waals surface area contributed by atoms with Gasteiger partial charge in [0.2, 0.25) is 0 Å². The Kier molecular flexibility index (Phi) is 3.44. The summed E-state index contributed by atoms with van der Waals surface area (Å²) in [5, 5.41) is 13.1. The van der Waals surface area contributed by atoms with E-state index in [4.69, 9.17) is 5.11 Å². The molecular weight excluding hydrogens is 216 g/mol. The van der Waals surface area contributed by atoms with Gasteiger partial charge in [0.15, 0.2) is 0 Å². The monoisotopic (exact) mass is 232 g/mol. The van der Waals surface area contributed by atoms with Crippen molar-refractivity contribution < 1.29 is 9.90 Å². The summed E-state index contributed by atoms with van der Waals surface area (Å²) in [6.07, 6.45) is 1.96. The number of carboxylic acids is 1. The van der Waals surface area contributed by atoms with Gasteiger partial charge in [0.1, 0.15) is 0 Å². The Labute approximate surface area is 99.7 Å². The third-order valence-corrected chi connectivity index (χ3v) is 2.86. The molecule has 0 bridgehead atoms. The molecule has 3 N–H and O–H groups in total. The first-order chi connectivity index (χ1) is 8.18. The second-order valence-electron chi connectivity index (χ2n) is 4.23. The molecule has 0 fully saturated rings. The highest BCUT2D eigenvalue weighted by molar-refractivity contribution is 5.82. The molecule has 2 rings (SSSR count). The zero-order valence-electron chi connectivity index (χ0n) is 9.73. The van der Waals surface area contributed by atoms with E-state index >= 15 is 0 Å². The molecule has 0 aliphatic heterocycles. The first-order valence-electron chi connectivity index (χ1n) is 5.67. The Morgan fingerprint density at radius 2 is 2.24 bits per heavy atom. The Balaban J connectivity index is 1.98. The molecule has 4 nitrogen and oxygen atoms in total. The number of aromatic amines is 1. The van der Waals surface area contributed by atoms with Gasteiger partial charge in [-0.25, -0.2) is 0 Å². The van der Waals surface area contributed by atoms with Crippen LogP contribution in [0.5, 0.6) is 0 Å². The fraction of sp³-hybridized carbons (Fsp3) is 0.308. The Hall–Kier alpha value is -1.81. The quantitative estimate of drug-likeness (QED) is 0.738. The lowest BCUT2D eigenvalue weighted by Crippen LogP contribution is -2.25. The Morgan fingerprint density at radius 1 is 1.47 bits per heavy atom. The summed E-state index contributed by atoms with van der Waals surface area (Å²) in [7, 11) is 0. The third-order valence-electron chi connectivity index (χ3n) is 2.86. The highest BCUT2D eigenvalue weighted by Gasteiger charge is 2.10. The molecule has 0 radical (unpaired) electrons. The van der Waals surface area contributed by atoms with Gasteiger partial charge in [-0.3, -0.25) is 4.79 Å². The summed E-state index contributed by atoms with van der Waals surface area (Å²) < 4.78 is 0. The fourth-order valence-corrected chi connectivity index (χ4v) is 1.79. The maximum atomic E-state index is 10.7. The van der Waals surface area contributed by atoms with Crippen molar-refractivity contribution in [2.75, 3.05) is 6.54 Å². The van der Waals surface area contributed by atoms with Crippen LogP contribution in [0.3, 0.4) is 0 Å². The van der Waals surface area contributed by atoms with Crippen molar-refractivity contribution in [1.29, 1.82) is 0 Å². The summed E-state index contributed by atoms with van der Waals surface area (Å²) >= 11 is 0. The second-order valence-corrected chi connectivity index (χ2v) is 4.23. The van der Waals surface area contributed by atoms with Gasteiger partial charge in [-0.2, -0.15) is 0 Å². The number of nitrogens with one attached hydrogen (secondary N) is 2. The number of rotatable bonds is 5. The van der Waals surface area contributed by atoms with Crippen molar-refractivity contribution in [2.45, 2.75) is 13.5 Å². The molecule has 2 aromatic rings. The SMILES string of the molecule is CC(CNCc1c[nH]c2ccccc12)C(=O)O. The molecule has 0 amide bonds. The second kappa shape index (κ2) is 5.01. The molecule has 0 aliphatic carbocycles. The lowest BCUT2D eigenvalue weighted by atomic mass is 10.1. The van der Waals surface area contributed by atoms with E-state index in [0.717, 1.165) is 11.1 Å². The van der Waals surface area contributed by atoms with Crippen LogP contribution in [-0.4, -0.2) is 22.6 Å². The van der Waals surface area contributed by atoms with Crippen LogP contribution in [0.2, 0.25) is 0 Å². The van der Waals surface area contributed by atoms with Crippen LogP contribution >= 0.6 is 0 Å². The topological polar surface area (TPSA) is 65.1 Å². The molecule has 0 spiro atoms. The zero-order valence-corrected chi connectivity index (χ0v) is 9.73. The van der Waals surface area contributed by atoms with Crippen LogP contribution in [0.25, 0.3) is 10.9 Å². The van der Waals surface area contributed by atoms with Crippen LogP contribution in [-0.2, 0) is 11.3 Å². The Bertz CT molecular complexity index is 519. The minimum Gasteiger partial charge on any atom is -0.481 e. The molecule has 4 heteroatoms. The average molecular weight is 232 g/mol. The maximum absolute atomic E-state index is 10.7. The van der Waals surface area contributed by atoms with Gasteiger partial charge in [0, 0.05) is 30.2 Å². The van der Waals surface area contributed by atoms with E-state index < -0.39 is 5.97 Å². The molecule has 1 unspecified atom stereocenters. The van der Waals surface area contributed by atoms with Crippen molar-refractivity contribution in [3.8, 4) is 0 Å². The number of aliphatic carboxylic acids is 1. The van der Waals surface area contributed by atoms with E-state index in [1.807, 2.05) is 24.4 Å². The maximum Gasteiger partial charge on any atom is 0.307 e. The van der Waals surface area contributed by atoms with E-state index in [1.165, 1.54) is 5.39 Å². The number of para-hydroxylation sites is 1. The van der Waals surface area contributed by atoms with Crippen molar-refractivity contribution >= 4 is 16.9 Å². The first kappa shape index (κ1) is 11.7. The summed E-state index contributed by atoms with van der Waals surface area (Å²) in [5.74, 6) is -1.13. The molecule has 0 aliphatic rings. The number of hydrogen-bond donors (Lipinski definition) is 3. The lowest BCUT2D eigenvalue weighted by molar-refractivity contribution is -0.140. The van der Waals surface area contributed by atoms with E-state index in [-0.39, 0.29) is 5.92 Å². The minimum atomic E-state index is -0.767. The summed E-state index contributed by atoms with van der Waals surface area (Å²) in [6, 6.07) is 8.07. The van der Waals surface area contributed by atoms with Gasteiger partial charge < -0.3 is 15.4 Å². The van der Waals surface area contributed by atoms with E-state index in [9.17, 15) is 4.79 Å². The van der Waals surface area contributed by atoms with Crippen LogP contribution < -0.4 is 5.32 Å². The Morgan fingerprint density at radius 3 is 3.00 bits per heavy atom. The zero-order chi connectivity index (χ0) is 12.3. The normalized spacial score (nSPS) is 12.8. The number of H-pyrrole nitrogens is 1. The van der Waals surface area contributed by atoms with Crippen LogP contribution in [0.1, 0.15) is 12.5 Å². The van der Waals surface area contributed by atoms with Crippen LogP contribution in [0, 0.1) is 5.92 Å². The third kappa shape index (κ3) is 2.65. The molecule has 1 aromatic heterocycles. The molecule has 0 saturated heterocycles. The number of hydrogen-bond acceptors (Lipinski definition) is 2. The van der Waals surface area contributed by atoms with Gasteiger partial charge in [-0.05, 0) is 11.6 Å². The largest absolute Gasteiger partial charge is 0.481 e. The highest BCUT2D eigenvalue weighted by Crippen LogP contribution is 2.17. The highest BCUT2D eigenvalue weighted by atomic mass is 16.4. The minimum absolute atomic E-state index is 0.361. The van der Waals surface area contributed by atoms with Crippen molar-refractivity contribution in [2.24, 2.45) is 5.92 Å². The lowest BCUT2D eigenvalue weighted by Gasteiger charge is -2.07. The summed E-state index contributed by atoms with van der Waals surface area (Å²) in [6.45, 7) is 2.86. The number of carbonyl (C=O) groups is 1. The predicted octanol–water partition coefficient (Wildman–Crippen LogP) is 1.98. The molecule has 1 atom stereocenters. The van der Waals surface area contributed by atoms with E-state index in [1.54, 1.807) is 6.92 Å². The van der Waals surface area contributed by atoms with Crippen molar-refractivity contribution in [1.82, 2.24) is 10.3 Å². The van der Waals surface area contributed by atoms with Gasteiger partial charge in [0.05, 0.1) is 5.92 Å². The van der Waals surface area contributed by atoms with Crippen molar-refractivity contribution in [3.63, 3.8) is 0 Å². The average Bonchev–Trinajstić information content (AvgIpc) is 2.72. The van der Waals surface area contributed by atoms with Crippen LogP contribution in [0.15, 0.2) is 30.5 Å². The van der Waals surface area contributed by atoms with Gasteiger partial charge in [-0.15, -0.1) is 0 Å². The molecule has 90 valence electrons. The molecule has 17 heavy (non-hydrogen) atoms. The van der Waals surface area contributed by atoms with Gasteiger partial charge in [-0.1, -0.05) is 25.1 Å². The van der Waals surface area contributed by atoms with Crippen LogP contribution in [0.4, 0.5) is 0 Å². The summed E-state index contributed by atoms with van der Waals surface area (Å²) in [4.78, 5) is 13.9. The number of aromatic nitrogens is 1. The predicted molar refractivity (Wildman–Crippen MR) is 66.8 cm³/mol. The van der Waals surface area contributed by atoms with Gasteiger partial charge >= 0.3 is 5.97 Å². The molecule has 1 aromatic carbocycles. The standard InChI is InChI=1S/C13H16N2O2/c1-9(13(16)17)6-14-7-10-8-15-12-5-3-2-4-11(10)12/h2-5,8-9,14-15H,6-7H2,1H3,(H,16,17). The van der Waals surface area contributed by atoms with Crippen molar-refractivity contribution in [3.05, 3.63) is 36.0 Å².